The molecule has 0 aromatic carbocycles. The van der Waals surface area contributed by atoms with Gasteiger partial charge < -0.3 is 14.4 Å². The molecular weight excluding hydrogens is 655 g/mol. The molecule has 0 heterocycles. The summed E-state index contributed by atoms with van der Waals surface area (Å²) in [4.78, 5) is 27.6. The zero-order chi connectivity index (χ0) is 38.9. The summed E-state index contributed by atoms with van der Waals surface area (Å²) in [5.41, 5.74) is 0. The van der Waals surface area contributed by atoms with Crippen LogP contribution in [0.2, 0.25) is 0 Å². The van der Waals surface area contributed by atoms with Gasteiger partial charge in [-0.25, -0.2) is 0 Å². The molecule has 0 aliphatic rings. The van der Waals surface area contributed by atoms with Gasteiger partial charge in [0.05, 0.1) is 6.61 Å². The van der Waals surface area contributed by atoms with Crippen molar-refractivity contribution in [2.75, 3.05) is 26.2 Å². The molecule has 0 fully saturated rings. The number of nitrogens with zero attached hydrogens (tertiary/aromatic N) is 1. The molecule has 0 aromatic heterocycles. The molecule has 316 valence electrons. The van der Waals surface area contributed by atoms with Crippen molar-refractivity contribution in [2.24, 2.45) is 5.92 Å². The van der Waals surface area contributed by atoms with Gasteiger partial charge in [0.2, 0.25) is 0 Å². The van der Waals surface area contributed by atoms with E-state index < -0.39 is 0 Å². The van der Waals surface area contributed by atoms with Crippen molar-refractivity contribution in [1.29, 1.82) is 0 Å². The second-order valence-electron chi connectivity index (χ2n) is 17.0. The van der Waals surface area contributed by atoms with Crippen LogP contribution in [-0.4, -0.2) is 49.2 Å². The van der Waals surface area contributed by atoms with Crippen molar-refractivity contribution in [3.63, 3.8) is 0 Å². The summed E-state index contributed by atoms with van der Waals surface area (Å²) in [6.45, 7) is 15.7. The Balaban J connectivity index is 4.17. The van der Waals surface area contributed by atoms with Crippen LogP contribution in [0.5, 0.6) is 0 Å². The fraction of sp³-hybridized carbons (Fsp3) is 0.958. The number of rotatable bonds is 43. The van der Waals surface area contributed by atoms with Gasteiger partial charge in [-0.1, -0.05) is 176 Å². The third-order valence-electron chi connectivity index (χ3n) is 11.0. The first kappa shape index (κ1) is 51.9. The summed E-state index contributed by atoms with van der Waals surface area (Å²) in [6.07, 6.45) is 41.9. The molecule has 0 unspecified atom stereocenters. The highest BCUT2D eigenvalue weighted by Crippen LogP contribution is 2.19. The predicted molar refractivity (Wildman–Crippen MR) is 231 cm³/mol. The Morgan fingerprint density at radius 2 is 0.792 bits per heavy atom. The molecule has 0 bridgehead atoms. The summed E-state index contributed by atoms with van der Waals surface area (Å²) in [5.74, 6) is 0.813. The van der Waals surface area contributed by atoms with Crippen LogP contribution in [-0.2, 0) is 19.1 Å². The first-order valence-electron chi connectivity index (χ1n) is 24.0. The minimum absolute atomic E-state index is 0.00140. The number of esters is 2. The second-order valence-corrected chi connectivity index (χ2v) is 17.0. The third-order valence-corrected chi connectivity index (χ3v) is 11.0. The lowest BCUT2D eigenvalue weighted by Gasteiger charge is -2.23. The van der Waals surface area contributed by atoms with Crippen LogP contribution in [0.4, 0.5) is 0 Å². The standard InChI is InChI=1S/C48H95NO4/c1-6-9-12-15-18-27-34-44-52-47(50)39-30-23-19-25-32-41-49(43-35-36-45(4)5)42-33-26-20-24-31-40-48(51)53-46(37-28-21-16-13-10-7-2)38-29-22-17-14-11-8-3/h45-46H,6-44H2,1-5H3. The molecule has 0 spiro atoms. The van der Waals surface area contributed by atoms with Crippen LogP contribution in [0.15, 0.2) is 0 Å². The highest BCUT2D eigenvalue weighted by molar-refractivity contribution is 5.69. The number of carbonyl (C=O) groups is 2. The van der Waals surface area contributed by atoms with Gasteiger partial charge in [0.15, 0.2) is 0 Å². The van der Waals surface area contributed by atoms with Gasteiger partial charge in [0.1, 0.15) is 6.10 Å². The number of hydrogen-bond donors (Lipinski definition) is 0. The molecule has 0 amide bonds. The highest BCUT2D eigenvalue weighted by atomic mass is 16.5. The molecule has 0 aliphatic carbocycles. The first-order valence-corrected chi connectivity index (χ1v) is 24.0. The smallest absolute Gasteiger partial charge is 0.306 e. The van der Waals surface area contributed by atoms with Gasteiger partial charge in [0.25, 0.3) is 0 Å². The van der Waals surface area contributed by atoms with E-state index in [2.05, 4.69) is 39.5 Å². The lowest BCUT2D eigenvalue weighted by molar-refractivity contribution is -0.150. The molecule has 0 rings (SSSR count). The predicted octanol–water partition coefficient (Wildman–Crippen LogP) is 15.1. The van der Waals surface area contributed by atoms with E-state index >= 15 is 0 Å². The van der Waals surface area contributed by atoms with Crippen LogP contribution < -0.4 is 0 Å². The number of hydrogen-bond acceptors (Lipinski definition) is 5. The van der Waals surface area contributed by atoms with Gasteiger partial charge in [-0.3, -0.25) is 9.59 Å². The minimum atomic E-state index is -0.00140. The Kier molecular flexibility index (Phi) is 41.2. The average Bonchev–Trinajstić information content (AvgIpc) is 3.14. The Bertz CT molecular complexity index is 740. The van der Waals surface area contributed by atoms with E-state index in [1.165, 1.54) is 187 Å². The van der Waals surface area contributed by atoms with Crippen LogP contribution in [0, 0.1) is 5.92 Å². The van der Waals surface area contributed by atoms with Crippen molar-refractivity contribution in [2.45, 2.75) is 265 Å². The first-order chi connectivity index (χ1) is 25.9. The van der Waals surface area contributed by atoms with E-state index in [1.807, 2.05) is 0 Å². The summed E-state index contributed by atoms with van der Waals surface area (Å²) in [7, 11) is 0. The summed E-state index contributed by atoms with van der Waals surface area (Å²) in [6, 6.07) is 0. The van der Waals surface area contributed by atoms with Crippen LogP contribution in [0.3, 0.4) is 0 Å². The Hall–Kier alpha value is -1.10. The molecule has 0 aromatic rings. The van der Waals surface area contributed by atoms with E-state index in [1.54, 1.807) is 0 Å². The summed E-state index contributed by atoms with van der Waals surface area (Å²) in [5, 5.41) is 0. The molecule has 5 nitrogen and oxygen atoms in total. The maximum atomic E-state index is 12.8. The Morgan fingerprint density at radius 3 is 1.26 bits per heavy atom. The zero-order valence-electron chi connectivity index (χ0n) is 36.8. The Morgan fingerprint density at radius 1 is 0.415 bits per heavy atom. The van der Waals surface area contributed by atoms with Gasteiger partial charge >= 0.3 is 11.9 Å². The molecular formula is C48H95NO4. The van der Waals surface area contributed by atoms with Crippen molar-refractivity contribution in [3.8, 4) is 0 Å². The average molecular weight is 750 g/mol. The van der Waals surface area contributed by atoms with E-state index in [4.69, 9.17) is 9.47 Å². The molecule has 0 atom stereocenters. The lowest BCUT2D eigenvalue weighted by Crippen LogP contribution is -2.27. The maximum absolute atomic E-state index is 12.8. The Labute approximate surface area is 332 Å². The van der Waals surface area contributed by atoms with Crippen molar-refractivity contribution >= 4 is 11.9 Å². The topological polar surface area (TPSA) is 55.8 Å². The molecule has 5 heteroatoms. The van der Waals surface area contributed by atoms with E-state index in [-0.39, 0.29) is 18.0 Å². The monoisotopic (exact) mass is 750 g/mol. The van der Waals surface area contributed by atoms with Gasteiger partial charge in [0, 0.05) is 12.8 Å². The van der Waals surface area contributed by atoms with Crippen molar-refractivity contribution in [3.05, 3.63) is 0 Å². The van der Waals surface area contributed by atoms with Gasteiger partial charge in [-0.05, 0) is 96.2 Å². The number of unbranched alkanes of at least 4 members (excludes halogenated alkanes) is 24. The van der Waals surface area contributed by atoms with E-state index in [9.17, 15) is 9.59 Å². The van der Waals surface area contributed by atoms with Crippen molar-refractivity contribution < 1.29 is 19.1 Å². The van der Waals surface area contributed by atoms with Crippen LogP contribution in [0.1, 0.15) is 259 Å². The quantitative estimate of drug-likeness (QED) is 0.0459. The summed E-state index contributed by atoms with van der Waals surface area (Å²) < 4.78 is 11.5. The van der Waals surface area contributed by atoms with Crippen molar-refractivity contribution in [1.82, 2.24) is 4.90 Å². The summed E-state index contributed by atoms with van der Waals surface area (Å²) >= 11 is 0. The van der Waals surface area contributed by atoms with Crippen LogP contribution in [0.25, 0.3) is 0 Å². The number of carbonyl (C=O) groups excluding carboxylic acids is 2. The largest absolute Gasteiger partial charge is 0.466 e. The maximum Gasteiger partial charge on any atom is 0.306 e. The molecule has 53 heavy (non-hydrogen) atoms. The van der Waals surface area contributed by atoms with Gasteiger partial charge in [-0.2, -0.15) is 0 Å². The molecule has 0 saturated heterocycles. The fourth-order valence-electron chi connectivity index (χ4n) is 7.46. The number of ether oxygens (including phenoxy) is 2. The van der Waals surface area contributed by atoms with Crippen LogP contribution >= 0.6 is 0 Å². The molecule has 0 radical (unpaired) electrons. The lowest BCUT2D eigenvalue weighted by atomic mass is 10.0. The second kappa shape index (κ2) is 42.1. The fourth-order valence-corrected chi connectivity index (χ4v) is 7.46. The van der Waals surface area contributed by atoms with Gasteiger partial charge in [-0.15, -0.1) is 0 Å². The molecule has 0 saturated carbocycles. The highest BCUT2D eigenvalue weighted by Gasteiger charge is 2.14. The normalized spacial score (nSPS) is 11.7. The SMILES string of the molecule is CCCCCCCCCOC(=O)CCCCCCCN(CCCCCCCC(=O)OC(CCCCCCCC)CCCCCCCC)CCCC(C)C. The third kappa shape index (κ3) is 40.4. The minimum Gasteiger partial charge on any atom is -0.466 e. The molecule has 0 N–H and O–H groups in total. The van der Waals surface area contributed by atoms with E-state index in [0.29, 0.717) is 19.4 Å². The zero-order valence-corrected chi connectivity index (χ0v) is 36.8. The van der Waals surface area contributed by atoms with E-state index in [0.717, 1.165) is 50.9 Å². The molecule has 0 aliphatic heterocycles.